The van der Waals surface area contributed by atoms with E-state index >= 15 is 0 Å². The molecule has 0 aliphatic carbocycles. The maximum Gasteiger partial charge on any atom is 0.407 e. The highest BCUT2D eigenvalue weighted by Gasteiger charge is 2.16. The monoisotopic (exact) mass is 294 g/mol. The van der Waals surface area contributed by atoms with Crippen molar-refractivity contribution >= 4 is 17.7 Å². The largest absolute Gasteiger partial charge is 0.482 e. The van der Waals surface area contributed by atoms with Gasteiger partial charge >= 0.3 is 6.09 Å². The average molecular weight is 294 g/mol. The first-order chi connectivity index (χ1) is 10.0. The van der Waals surface area contributed by atoms with Crippen molar-refractivity contribution in [3.8, 4) is 5.75 Å². The van der Waals surface area contributed by atoms with E-state index in [1.54, 1.807) is 26.0 Å². The normalized spacial score (nSPS) is 12.3. The highest BCUT2D eigenvalue weighted by atomic mass is 16.6. The van der Waals surface area contributed by atoms with Gasteiger partial charge in [-0.05, 0) is 31.5 Å². The number of hydrogen-bond donors (Lipinski definition) is 2. The van der Waals surface area contributed by atoms with Crippen LogP contribution in [0.5, 0.6) is 5.75 Å². The number of benzene rings is 1. The molecular weight excluding hydrogens is 272 g/mol. The van der Waals surface area contributed by atoms with E-state index in [4.69, 9.17) is 9.47 Å². The molecule has 1 aromatic rings. The van der Waals surface area contributed by atoms with Crippen molar-refractivity contribution in [1.82, 2.24) is 5.32 Å². The van der Waals surface area contributed by atoms with E-state index in [2.05, 4.69) is 10.6 Å². The lowest BCUT2D eigenvalue weighted by molar-refractivity contribution is -0.118. The Bertz CT molecular complexity index is 500. The molecule has 2 rings (SSSR count). The second kappa shape index (κ2) is 8.14. The molecule has 0 aromatic heterocycles. The number of alkyl carbamates (subject to hydrolysis) is 1. The molecule has 0 spiro atoms. The van der Waals surface area contributed by atoms with Crippen LogP contribution in [0.3, 0.4) is 0 Å². The molecule has 1 aliphatic rings. The predicted molar refractivity (Wildman–Crippen MR) is 80.4 cm³/mol. The Hall–Kier alpha value is -2.24. The number of anilines is 1. The first-order valence-electron chi connectivity index (χ1n) is 7.04. The summed E-state index contributed by atoms with van der Waals surface area (Å²) in [6.07, 6.45) is -0.621. The van der Waals surface area contributed by atoms with Crippen LogP contribution in [0, 0.1) is 0 Å². The van der Waals surface area contributed by atoms with Crippen molar-refractivity contribution < 1.29 is 19.1 Å². The second-order valence-electron chi connectivity index (χ2n) is 4.47. The topological polar surface area (TPSA) is 76.7 Å². The Morgan fingerprint density at radius 2 is 2.14 bits per heavy atom. The fourth-order valence-electron chi connectivity index (χ4n) is 1.67. The summed E-state index contributed by atoms with van der Waals surface area (Å²) in [5.74, 6) is 0.449. The van der Waals surface area contributed by atoms with Crippen LogP contribution in [0.2, 0.25) is 0 Å². The van der Waals surface area contributed by atoms with Crippen LogP contribution in [0.4, 0.5) is 10.5 Å². The van der Waals surface area contributed by atoms with E-state index in [0.29, 0.717) is 18.0 Å². The lowest BCUT2D eigenvalue weighted by Gasteiger charge is -2.18. The molecule has 21 heavy (non-hydrogen) atoms. The zero-order chi connectivity index (χ0) is 15.8. The Balaban J connectivity index is 0.00000106. The molecule has 1 aliphatic heterocycles. The summed E-state index contributed by atoms with van der Waals surface area (Å²) in [7, 11) is 0. The third-order valence-electron chi connectivity index (χ3n) is 2.46. The summed E-state index contributed by atoms with van der Waals surface area (Å²) in [5, 5.41) is 5.35. The highest BCUT2D eigenvalue weighted by Crippen LogP contribution is 2.28. The molecule has 116 valence electrons. The summed E-state index contributed by atoms with van der Waals surface area (Å²) in [6, 6.07) is 5.35. The van der Waals surface area contributed by atoms with Gasteiger partial charge in [-0.25, -0.2) is 4.79 Å². The molecule has 0 saturated heterocycles. The highest BCUT2D eigenvalue weighted by molar-refractivity contribution is 5.95. The van der Waals surface area contributed by atoms with E-state index in [0.717, 1.165) is 5.56 Å². The molecular formula is C15H22N2O4. The molecule has 1 aromatic carbocycles. The third kappa shape index (κ3) is 5.33. The van der Waals surface area contributed by atoms with Crippen molar-refractivity contribution in [1.29, 1.82) is 0 Å². The summed E-state index contributed by atoms with van der Waals surface area (Å²) >= 11 is 0. The van der Waals surface area contributed by atoms with E-state index in [1.807, 2.05) is 19.9 Å². The van der Waals surface area contributed by atoms with Crippen LogP contribution in [0.15, 0.2) is 18.2 Å². The fourth-order valence-corrected chi connectivity index (χ4v) is 1.67. The molecule has 1 heterocycles. The molecule has 2 amide bonds. The average Bonchev–Trinajstić information content (AvgIpc) is 2.46. The Morgan fingerprint density at radius 3 is 2.81 bits per heavy atom. The molecule has 0 bridgehead atoms. The molecule has 2 N–H and O–H groups in total. The standard InChI is InChI=1S/C13H16N2O4.C2H6/c1-8(2)19-13(17)14-6-9-3-4-11-10(5-9)15-12(16)7-18-11;1-2/h3-5,8H,6-7H2,1-2H3,(H,14,17)(H,15,16);1-2H3. The summed E-state index contributed by atoms with van der Waals surface area (Å²) in [5.41, 5.74) is 1.47. The Kier molecular flexibility index (Phi) is 6.52. The quantitative estimate of drug-likeness (QED) is 0.898. The van der Waals surface area contributed by atoms with E-state index in [9.17, 15) is 9.59 Å². The van der Waals surface area contributed by atoms with Crippen molar-refractivity contribution in [3.05, 3.63) is 23.8 Å². The smallest absolute Gasteiger partial charge is 0.407 e. The van der Waals surface area contributed by atoms with Gasteiger partial charge in [0.15, 0.2) is 6.61 Å². The number of nitrogens with one attached hydrogen (secondary N) is 2. The first kappa shape index (κ1) is 16.8. The molecule has 0 unspecified atom stereocenters. The maximum atomic E-state index is 11.3. The van der Waals surface area contributed by atoms with Crippen LogP contribution >= 0.6 is 0 Å². The number of carbonyl (C=O) groups excluding carboxylic acids is 2. The molecule has 0 saturated carbocycles. The lowest BCUT2D eigenvalue weighted by Crippen LogP contribution is -2.27. The van der Waals surface area contributed by atoms with Gasteiger partial charge in [-0.15, -0.1) is 0 Å². The minimum atomic E-state index is -0.465. The first-order valence-corrected chi connectivity index (χ1v) is 7.04. The third-order valence-corrected chi connectivity index (χ3v) is 2.46. The van der Waals surface area contributed by atoms with E-state index < -0.39 is 6.09 Å². The Labute approximate surface area is 124 Å². The summed E-state index contributed by atoms with van der Waals surface area (Å²) in [4.78, 5) is 22.5. The van der Waals surface area contributed by atoms with Crippen LogP contribution in [0.25, 0.3) is 0 Å². The molecule has 0 atom stereocenters. The van der Waals surface area contributed by atoms with Gasteiger partial charge in [-0.1, -0.05) is 19.9 Å². The van der Waals surface area contributed by atoms with E-state index in [1.165, 1.54) is 0 Å². The van der Waals surface area contributed by atoms with Crippen LogP contribution < -0.4 is 15.4 Å². The van der Waals surface area contributed by atoms with Gasteiger partial charge in [0.05, 0.1) is 11.8 Å². The van der Waals surface area contributed by atoms with Crippen LogP contribution in [-0.2, 0) is 16.1 Å². The van der Waals surface area contributed by atoms with Gasteiger partial charge in [0, 0.05) is 6.54 Å². The molecule has 0 radical (unpaired) electrons. The number of hydrogen-bond acceptors (Lipinski definition) is 4. The SMILES string of the molecule is CC.CC(C)OC(=O)NCc1ccc2c(c1)NC(=O)CO2. The zero-order valence-corrected chi connectivity index (χ0v) is 12.9. The maximum absolute atomic E-state index is 11.3. The van der Waals surface area contributed by atoms with Crippen LogP contribution in [0.1, 0.15) is 33.3 Å². The van der Waals surface area contributed by atoms with Gasteiger partial charge in [0.1, 0.15) is 5.75 Å². The van der Waals surface area contributed by atoms with Gasteiger partial charge in [0.2, 0.25) is 0 Å². The van der Waals surface area contributed by atoms with E-state index in [-0.39, 0.29) is 18.6 Å². The number of carbonyl (C=O) groups is 2. The molecule has 0 fully saturated rings. The minimum absolute atomic E-state index is 0.0330. The summed E-state index contributed by atoms with van der Waals surface area (Å²) < 4.78 is 10.2. The summed E-state index contributed by atoms with van der Waals surface area (Å²) in [6.45, 7) is 7.93. The number of ether oxygens (including phenoxy) is 2. The van der Waals surface area contributed by atoms with Gasteiger partial charge in [0.25, 0.3) is 5.91 Å². The number of rotatable bonds is 3. The van der Waals surface area contributed by atoms with Crippen molar-refractivity contribution in [2.24, 2.45) is 0 Å². The van der Waals surface area contributed by atoms with Crippen molar-refractivity contribution in [2.45, 2.75) is 40.3 Å². The Morgan fingerprint density at radius 1 is 1.43 bits per heavy atom. The van der Waals surface area contributed by atoms with Gasteiger partial charge < -0.3 is 20.1 Å². The lowest BCUT2D eigenvalue weighted by atomic mass is 10.1. The predicted octanol–water partition coefficient (Wildman–Crippen LogP) is 2.68. The van der Waals surface area contributed by atoms with Crippen LogP contribution in [-0.4, -0.2) is 24.7 Å². The zero-order valence-electron chi connectivity index (χ0n) is 12.9. The van der Waals surface area contributed by atoms with Crippen molar-refractivity contribution in [2.75, 3.05) is 11.9 Å². The van der Waals surface area contributed by atoms with Crippen molar-refractivity contribution in [3.63, 3.8) is 0 Å². The molecule has 6 heteroatoms. The van der Waals surface area contributed by atoms with Gasteiger partial charge in [-0.2, -0.15) is 0 Å². The minimum Gasteiger partial charge on any atom is -0.482 e. The number of fused-ring (bicyclic) bond motifs is 1. The second-order valence-corrected chi connectivity index (χ2v) is 4.47. The molecule has 6 nitrogen and oxygen atoms in total. The number of amides is 2. The van der Waals surface area contributed by atoms with Gasteiger partial charge in [-0.3, -0.25) is 4.79 Å². The fraction of sp³-hybridized carbons (Fsp3) is 0.467.